The highest BCUT2D eigenvalue weighted by Gasteiger charge is 2.21. The molecule has 0 amide bonds. The van der Waals surface area contributed by atoms with Crippen molar-refractivity contribution in [1.29, 1.82) is 0 Å². The van der Waals surface area contributed by atoms with E-state index >= 15 is 0 Å². The lowest BCUT2D eigenvalue weighted by molar-refractivity contribution is 0.295. The lowest BCUT2D eigenvalue weighted by atomic mass is 9.86. The van der Waals surface area contributed by atoms with Gasteiger partial charge in [0.1, 0.15) is 9.84 Å². The molecule has 0 saturated carbocycles. The Labute approximate surface area is 107 Å². The Kier molecular flexibility index (Phi) is 6.15. The summed E-state index contributed by atoms with van der Waals surface area (Å²) in [4.78, 5) is 0. The van der Waals surface area contributed by atoms with Crippen LogP contribution in [0.3, 0.4) is 0 Å². The molecule has 4 heteroatoms. The molecule has 0 aromatic rings. The summed E-state index contributed by atoms with van der Waals surface area (Å²) in [6.07, 6.45) is 1.75. The van der Waals surface area contributed by atoms with Gasteiger partial charge in [-0.2, -0.15) is 0 Å². The van der Waals surface area contributed by atoms with Gasteiger partial charge in [0.15, 0.2) is 0 Å². The first-order valence-electron chi connectivity index (χ1n) is 6.43. The zero-order valence-corrected chi connectivity index (χ0v) is 13.1. The minimum atomic E-state index is -2.83. The second-order valence-electron chi connectivity index (χ2n) is 6.58. The average Bonchev–Trinajstić information content (AvgIpc) is 2.13. The third kappa shape index (κ3) is 9.60. The van der Waals surface area contributed by atoms with Crippen molar-refractivity contribution < 1.29 is 8.42 Å². The summed E-state index contributed by atoms with van der Waals surface area (Å²) in [5.41, 5.74) is 0.214. The van der Waals surface area contributed by atoms with Crippen LogP contribution in [0.15, 0.2) is 0 Å². The van der Waals surface area contributed by atoms with Gasteiger partial charge in [-0.1, -0.05) is 20.8 Å². The number of hydrogen-bond acceptors (Lipinski definition) is 3. The van der Waals surface area contributed by atoms with E-state index in [2.05, 4.69) is 39.9 Å². The van der Waals surface area contributed by atoms with Crippen LogP contribution in [0.1, 0.15) is 54.4 Å². The lowest BCUT2D eigenvalue weighted by Gasteiger charge is -2.27. The molecular formula is C13H29NO2S. The second kappa shape index (κ2) is 6.19. The standard InChI is InChI=1S/C13H29NO2S/c1-7-17(15,16)11-9-13(5,6)8-10-14-12(2,3)4/h14H,7-11H2,1-6H3. The van der Waals surface area contributed by atoms with Crippen LogP contribution < -0.4 is 5.32 Å². The van der Waals surface area contributed by atoms with E-state index in [1.807, 2.05) is 0 Å². The number of nitrogens with one attached hydrogen (secondary N) is 1. The minimum absolute atomic E-state index is 0.0838. The summed E-state index contributed by atoms with van der Waals surface area (Å²) in [7, 11) is -2.83. The summed E-state index contributed by atoms with van der Waals surface area (Å²) in [5, 5.41) is 3.44. The van der Waals surface area contributed by atoms with Gasteiger partial charge in [0.05, 0.1) is 5.75 Å². The number of rotatable bonds is 7. The Balaban J connectivity index is 4.05. The molecule has 0 atom stereocenters. The van der Waals surface area contributed by atoms with Gasteiger partial charge in [-0.05, 0) is 45.6 Å². The molecule has 0 fully saturated rings. The van der Waals surface area contributed by atoms with Crippen LogP contribution >= 0.6 is 0 Å². The van der Waals surface area contributed by atoms with Crippen molar-refractivity contribution in [2.45, 2.75) is 59.9 Å². The van der Waals surface area contributed by atoms with Crippen LogP contribution in [0.5, 0.6) is 0 Å². The highest BCUT2D eigenvalue weighted by molar-refractivity contribution is 7.91. The lowest BCUT2D eigenvalue weighted by Crippen LogP contribution is -2.38. The molecule has 0 aliphatic carbocycles. The molecule has 0 saturated heterocycles. The maximum Gasteiger partial charge on any atom is 0.150 e. The first-order valence-corrected chi connectivity index (χ1v) is 8.25. The number of hydrogen-bond donors (Lipinski definition) is 1. The highest BCUT2D eigenvalue weighted by atomic mass is 32.2. The maximum atomic E-state index is 11.5. The van der Waals surface area contributed by atoms with Gasteiger partial charge in [0, 0.05) is 11.3 Å². The normalized spacial score (nSPS) is 14.0. The highest BCUT2D eigenvalue weighted by Crippen LogP contribution is 2.25. The summed E-state index contributed by atoms with van der Waals surface area (Å²) in [5.74, 6) is 0.565. The van der Waals surface area contributed by atoms with Crippen molar-refractivity contribution in [3.63, 3.8) is 0 Å². The third-order valence-electron chi connectivity index (χ3n) is 2.99. The van der Waals surface area contributed by atoms with Gasteiger partial charge >= 0.3 is 0 Å². The van der Waals surface area contributed by atoms with Crippen LogP contribution in [0.2, 0.25) is 0 Å². The Bertz CT molecular complexity index is 313. The first-order chi connectivity index (χ1) is 7.47. The maximum absolute atomic E-state index is 11.5. The van der Waals surface area contributed by atoms with Gasteiger partial charge in [-0.15, -0.1) is 0 Å². The van der Waals surface area contributed by atoms with Crippen molar-refractivity contribution in [3.8, 4) is 0 Å². The fourth-order valence-electron chi connectivity index (χ4n) is 1.48. The molecular weight excluding hydrogens is 234 g/mol. The van der Waals surface area contributed by atoms with Crippen LogP contribution in [-0.4, -0.2) is 32.0 Å². The Morgan fingerprint density at radius 3 is 1.94 bits per heavy atom. The Morgan fingerprint density at radius 2 is 1.53 bits per heavy atom. The Hall–Kier alpha value is -0.0900. The number of sulfone groups is 1. The predicted molar refractivity (Wildman–Crippen MR) is 75.1 cm³/mol. The van der Waals surface area contributed by atoms with E-state index in [1.165, 1.54) is 0 Å². The SMILES string of the molecule is CCS(=O)(=O)CCC(C)(C)CCNC(C)(C)C. The zero-order valence-electron chi connectivity index (χ0n) is 12.3. The summed E-state index contributed by atoms with van der Waals surface area (Å²) < 4.78 is 22.9. The molecule has 0 radical (unpaired) electrons. The van der Waals surface area contributed by atoms with Crippen LogP contribution in [0.25, 0.3) is 0 Å². The van der Waals surface area contributed by atoms with Crippen molar-refractivity contribution in [3.05, 3.63) is 0 Å². The topological polar surface area (TPSA) is 46.2 Å². The van der Waals surface area contributed by atoms with Crippen LogP contribution in [0, 0.1) is 5.41 Å². The van der Waals surface area contributed by atoms with Crippen LogP contribution in [0.4, 0.5) is 0 Å². The van der Waals surface area contributed by atoms with Gasteiger partial charge in [0.2, 0.25) is 0 Å². The summed E-state index contributed by atoms with van der Waals surface area (Å²) in [6.45, 7) is 13.3. The molecule has 0 aliphatic heterocycles. The molecule has 0 aromatic carbocycles. The van der Waals surface area contributed by atoms with Crippen molar-refractivity contribution in [1.82, 2.24) is 5.32 Å². The summed E-state index contributed by atoms with van der Waals surface area (Å²) in [6, 6.07) is 0. The van der Waals surface area contributed by atoms with Gasteiger partial charge < -0.3 is 5.32 Å². The largest absolute Gasteiger partial charge is 0.312 e. The molecule has 0 bridgehead atoms. The van der Waals surface area contributed by atoms with Gasteiger partial charge in [-0.25, -0.2) is 8.42 Å². The molecule has 0 spiro atoms. The quantitative estimate of drug-likeness (QED) is 0.768. The van der Waals surface area contributed by atoms with Crippen LogP contribution in [-0.2, 0) is 9.84 Å². The van der Waals surface area contributed by atoms with E-state index in [4.69, 9.17) is 0 Å². The molecule has 104 valence electrons. The molecule has 3 nitrogen and oxygen atoms in total. The van der Waals surface area contributed by atoms with E-state index in [9.17, 15) is 8.42 Å². The Morgan fingerprint density at radius 1 is 1.00 bits per heavy atom. The van der Waals surface area contributed by atoms with Gasteiger partial charge in [0.25, 0.3) is 0 Å². The fourth-order valence-corrected chi connectivity index (χ4v) is 2.63. The fraction of sp³-hybridized carbons (Fsp3) is 1.00. The summed E-state index contributed by atoms with van der Waals surface area (Å²) >= 11 is 0. The predicted octanol–water partition coefficient (Wildman–Crippen LogP) is 2.62. The third-order valence-corrected chi connectivity index (χ3v) is 4.69. The van der Waals surface area contributed by atoms with E-state index in [0.717, 1.165) is 19.4 Å². The first kappa shape index (κ1) is 16.9. The van der Waals surface area contributed by atoms with Crippen molar-refractivity contribution in [2.75, 3.05) is 18.1 Å². The second-order valence-corrected chi connectivity index (χ2v) is 9.05. The zero-order chi connectivity index (χ0) is 13.7. The molecule has 0 aliphatic rings. The van der Waals surface area contributed by atoms with Crippen molar-refractivity contribution in [2.24, 2.45) is 5.41 Å². The molecule has 0 aromatic heterocycles. The molecule has 17 heavy (non-hydrogen) atoms. The molecule has 0 unspecified atom stereocenters. The smallest absolute Gasteiger partial charge is 0.150 e. The van der Waals surface area contributed by atoms with Crippen molar-refractivity contribution >= 4 is 9.84 Å². The monoisotopic (exact) mass is 263 g/mol. The van der Waals surface area contributed by atoms with E-state index < -0.39 is 9.84 Å². The van der Waals surface area contributed by atoms with E-state index in [-0.39, 0.29) is 16.7 Å². The van der Waals surface area contributed by atoms with E-state index in [1.54, 1.807) is 6.92 Å². The molecule has 0 heterocycles. The average molecular weight is 263 g/mol. The van der Waals surface area contributed by atoms with Gasteiger partial charge in [-0.3, -0.25) is 0 Å². The molecule has 0 rings (SSSR count). The molecule has 1 N–H and O–H groups in total. The van der Waals surface area contributed by atoms with E-state index in [0.29, 0.717) is 5.75 Å². The minimum Gasteiger partial charge on any atom is -0.312 e.